The van der Waals surface area contributed by atoms with E-state index in [1.165, 1.54) is 96.4 Å². The fourth-order valence-corrected chi connectivity index (χ4v) is 2.62. The van der Waals surface area contributed by atoms with Crippen molar-refractivity contribution in [3.63, 3.8) is 0 Å². The Hall–Kier alpha value is 0.210. The molecular weight excluding hydrogens is 280 g/mol. The first-order valence-corrected chi connectivity index (χ1v) is 8.92. The minimum atomic E-state index is 0. The summed E-state index contributed by atoms with van der Waals surface area (Å²) < 4.78 is 0. The second kappa shape index (κ2) is 22.5. The molecule has 0 aliphatic heterocycles. The lowest BCUT2D eigenvalue weighted by molar-refractivity contribution is 0.389. The molecule has 0 aromatic carbocycles. The van der Waals surface area contributed by atoms with E-state index < -0.39 is 0 Å². The number of rotatable bonds is 15. The minimum absolute atomic E-state index is 0. The van der Waals surface area contributed by atoms with Gasteiger partial charge in [0.1, 0.15) is 0 Å². The molecular formula is C18H43ClN2. The molecule has 0 unspecified atom stereocenters. The number of hydrogen-bond donors (Lipinski definition) is 1. The van der Waals surface area contributed by atoms with Gasteiger partial charge in [0.05, 0.1) is 0 Å². The van der Waals surface area contributed by atoms with E-state index in [9.17, 15) is 0 Å². The van der Waals surface area contributed by atoms with E-state index in [1.54, 1.807) is 0 Å². The Bertz CT molecular complexity index is 163. The molecule has 0 aliphatic carbocycles. The van der Waals surface area contributed by atoms with Crippen molar-refractivity contribution in [2.45, 2.75) is 96.8 Å². The number of halogens is 1. The third-order valence-electron chi connectivity index (χ3n) is 3.96. The second-order valence-corrected chi connectivity index (χ2v) is 6.40. The summed E-state index contributed by atoms with van der Waals surface area (Å²) in [6.07, 6.45) is 20.3. The van der Waals surface area contributed by atoms with Crippen LogP contribution in [0.15, 0.2) is 0 Å². The molecule has 0 fully saturated rings. The topological polar surface area (TPSA) is 38.2 Å². The molecule has 0 aromatic heterocycles. The third kappa shape index (κ3) is 25.5. The molecule has 2 nitrogen and oxygen atoms in total. The highest BCUT2D eigenvalue weighted by molar-refractivity contribution is 5.85. The van der Waals surface area contributed by atoms with Crippen molar-refractivity contribution in [2.75, 3.05) is 20.6 Å². The molecule has 21 heavy (non-hydrogen) atoms. The molecule has 0 amide bonds. The lowest BCUT2D eigenvalue weighted by atomic mass is 10.0. The lowest BCUT2D eigenvalue weighted by Gasteiger charge is -2.08. The van der Waals surface area contributed by atoms with Gasteiger partial charge in [-0.05, 0) is 27.1 Å². The second-order valence-electron chi connectivity index (χ2n) is 6.40. The van der Waals surface area contributed by atoms with Crippen LogP contribution in [-0.2, 0) is 0 Å². The maximum absolute atomic E-state index is 2.29. The summed E-state index contributed by atoms with van der Waals surface area (Å²) >= 11 is 0. The average molecular weight is 323 g/mol. The first-order chi connectivity index (χ1) is 9.27. The highest BCUT2D eigenvalue weighted by Gasteiger charge is 1.94. The monoisotopic (exact) mass is 322 g/mol. The Labute approximate surface area is 141 Å². The molecule has 3 N–H and O–H groups in total. The van der Waals surface area contributed by atoms with Gasteiger partial charge in [-0.3, -0.25) is 0 Å². The average Bonchev–Trinajstić information content (AvgIpc) is 2.39. The highest BCUT2D eigenvalue weighted by Crippen LogP contribution is 2.12. The van der Waals surface area contributed by atoms with Crippen LogP contribution in [0.1, 0.15) is 96.8 Å². The van der Waals surface area contributed by atoms with E-state index >= 15 is 0 Å². The Balaban J connectivity index is -0.00000162. The third-order valence-corrected chi connectivity index (χ3v) is 3.96. The highest BCUT2D eigenvalue weighted by atomic mass is 35.5. The largest absolute Gasteiger partial charge is 0.344 e. The van der Waals surface area contributed by atoms with Crippen LogP contribution >= 0.6 is 12.4 Å². The summed E-state index contributed by atoms with van der Waals surface area (Å²) in [7, 11) is 4.34. The van der Waals surface area contributed by atoms with E-state index in [4.69, 9.17) is 0 Å². The number of hydrogen-bond acceptors (Lipinski definition) is 2. The lowest BCUT2D eigenvalue weighted by Crippen LogP contribution is -2.12. The van der Waals surface area contributed by atoms with Crippen LogP contribution in [0.5, 0.6) is 0 Å². The summed E-state index contributed by atoms with van der Waals surface area (Å²) in [6.45, 7) is 3.55. The number of unbranched alkanes of at least 4 members (excludes halogenated alkanes) is 13. The molecule has 0 radical (unpaired) electrons. The predicted molar refractivity (Wildman–Crippen MR) is 101 cm³/mol. The van der Waals surface area contributed by atoms with Crippen molar-refractivity contribution in [3.05, 3.63) is 0 Å². The molecule has 0 saturated heterocycles. The molecule has 0 bridgehead atoms. The Morgan fingerprint density at radius 3 is 1.10 bits per heavy atom. The van der Waals surface area contributed by atoms with Crippen LogP contribution in [0.25, 0.3) is 0 Å². The van der Waals surface area contributed by atoms with Crippen LogP contribution in [0.4, 0.5) is 0 Å². The van der Waals surface area contributed by atoms with Crippen molar-refractivity contribution >= 4 is 12.4 Å². The molecule has 0 aliphatic rings. The van der Waals surface area contributed by atoms with Gasteiger partial charge >= 0.3 is 0 Å². The zero-order valence-electron chi connectivity index (χ0n) is 15.2. The quantitative estimate of drug-likeness (QED) is 0.344. The summed E-state index contributed by atoms with van der Waals surface area (Å²) in [5, 5.41) is 0. The normalized spacial score (nSPS) is 10.3. The first kappa shape index (κ1) is 26.1. The van der Waals surface area contributed by atoms with E-state index in [0.717, 1.165) is 0 Å². The van der Waals surface area contributed by atoms with Crippen molar-refractivity contribution in [3.8, 4) is 0 Å². The maximum atomic E-state index is 2.29. The van der Waals surface area contributed by atoms with Gasteiger partial charge in [0.2, 0.25) is 0 Å². The maximum Gasteiger partial charge on any atom is -0.00248 e. The molecule has 0 atom stereocenters. The van der Waals surface area contributed by atoms with Gasteiger partial charge in [-0.25, -0.2) is 0 Å². The van der Waals surface area contributed by atoms with Gasteiger partial charge in [-0.1, -0.05) is 90.4 Å². The van der Waals surface area contributed by atoms with E-state index in [-0.39, 0.29) is 18.6 Å². The van der Waals surface area contributed by atoms with Gasteiger partial charge in [-0.15, -0.1) is 12.4 Å². The van der Waals surface area contributed by atoms with Crippen molar-refractivity contribution in [2.24, 2.45) is 0 Å². The van der Waals surface area contributed by atoms with Crippen LogP contribution in [0.3, 0.4) is 0 Å². The fraction of sp³-hybridized carbons (Fsp3) is 1.00. The van der Waals surface area contributed by atoms with Gasteiger partial charge in [0.25, 0.3) is 0 Å². The Morgan fingerprint density at radius 2 is 0.810 bits per heavy atom. The van der Waals surface area contributed by atoms with Crippen LogP contribution in [-0.4, -0.2) is 25.5 Å². The van der Waals surface area contributed by atoms with E-state index in [2.05, 4.69) is 25.9 Å². The number of nitrogens with zero attached hydrogens (tertiary/aromatic N) is 1. The first-order valence-electron chi connectivity index (χ1n) is 8.92. The molecule has 0 heterocycles. The minimum Gasteiger partial charge on any atom is -0.344 e. The van der Waals surface area contributed by atoms with Crippen LogP contribution in [0, 0.1) is 0 Å². The van der Waals surface area contributed by atoms with Crippen molar-refractivity contribution in [1.82, 2.24) is 11.1 Å². The van der Waals surface area contributed by atoms with Crippen LogP contribution < -0.4 is 6.15 Å². The Morgan fingerprint density at radius 1 is 0.524 bits per heavy atom. The van der Waals surface area contributed by atoms with E-state index in [1.807, 2.05) is 0 Å². The molecule has 0 saturated carbocycles. The Kier molecular flexibility index (Phi) is 28.0. The SMILES string of the molecule is CCCCCCCCCCCCCCCCN(C)C.Cl.N. The van der Waals surface area contributed by atoms with Gasteiger partial charge in [0, 0.05) is 0 Å². The smallest absolute Gasteiger partial charge is 0.00248 e. The molecule has 0 rings (SSSR count). The molecule has 0 aromatic rings. The zero-order chi connectivity index (χ0) is 14.2. The van der Waals surface area contributed by atoms with Gasteiger partial charge in [-0.2, -0.15) is 0 Å². The fourth-order valence-electron chi connectivity index (χ4n) is 2.62. The van der Waals surface area contributed by atoms with Gasteiger partial charge < -0.3 is 11.1 Å². The zero-order valence-corrected chi connectivity index (χ0v) is 16.0. The van der Waals surface area contributed by atoms with Crippen molar-refractivity contribution in [1.29, 1.82) is 0 Å². The van der Waals surface area contributed by atoms with E-state index in [0.29, 0.717) is 0 Å². The summed E-state index contributed by atoms with van der Waals surface area (Å²) in [5.41, 5.74) is 0. The van der Waals surface area contributed by atoms with Gasteiger partial charge in [0.15, 0.2) is 0 Å². The summed E-state index contributed by atoms with van der Waals surface area (Å²) in [5.74, 6) is 0. The van der Waals surface area contributed by atoms with Crippen LogP contribution in [0.2, 0.25) is 0 Å². The predicted octanol–water partition coefficient (Wildman–Crippen LogP) is 6.61. The summed E-state index contributed by atoms with van der Waals surface area (Å²) in [6, 6.07) is 0. The van der Waals surface area contributed by atoms with Crippen molar-refractivity contribution < 1.29 is 0 Å². The molecule has 132 valence electrons. The molecule has 0 spiro atoms. The molecule has 3 heteroatoms. The summed E-state index contributed by atoms with van der Waals surface area (Å²) in [4.78, 5) is 2.29. The standard InChI is InChI=1S/C18H39N.ClH.H3N/c1-4-5-6-7-8-9-10-11-12-13-14-15-16-17-18-19(2)3;;/h4-18H2,1-3H3;1H;1H3.